The van der Waals surface area contributed by atoms with Gasteiger partial charge in [-0.1, -0.05) is 18.3 Å². The fourth-order valence-electron chi connectivity index (χ4n) is 0.601. The Hall–Kier alpha value is -0.422. The zero-order valence-electron chi connectivity index (χ0n) is 5.74. The van der Waals surface area contributed by atoms with Crippen molar-refractivity contribution in [2.45, 2.75) is 6.92 Å². The zero-order chi connectivity index (χ0) is 6.53. The van der Waals surface area contributed by atoms with Gasteiger partial charge in [-0.15, -0.1) is 0 Å². The molecule has 0 spiro atoms. The summed E-state index contributed by atoms with van der Waals surface area (Å²) in [5.74, 6) is 0. The molecule has 0 saturated heterocycles. The molecule has 0 aromatic carbocycles. The van der Waals surface area contributed by atoms with E-state index in [1.165, 1.54) is 0 Å². The smallest absolute Gasteiger partial charge is 0 e. The van der Waals surface area contributed by atoms with E-state index in [-0.39, 0.29) is 22.5 Å². The summed E-state index contributed by atoms with van der Waals surface area (Å²) in [6.07, 6.45) is 5.57. The Morgan fingerprint density at radius 2 is 2.50 bits per heavy atom. The number of hydrogen-bond acceptors (Lipinski definition) is 1. The molecule has 0 fully saturated rings. The van der Waals surface area contributed by atoms with Crippen molar-refractivity contribution >= 4 is 6.08 Å². The third kappa shape index (κ3) is 2.93. The van der Waals surface area contributed by atoms with E-state index >= 15 is 0 Å². The first kappa shape index (κ1) is 9.58. The van der Waals surface area contributed by atoms with Crippen molar-refractivity contribution in [2.75, 3.05) is 0 Å². The van der Waals surface area contributed by atoms with Crippen molar-refractivity contribution in [1.29, 1.82) is 0 Å². The van der Waals surface area contributed by atoms with Crippen LogP contribution in [0.15, 0.2) is 24.4 Å². The first-order valence-electron chi connectivity index (χ1n) is 2.88. The summed E-state index contributed by atoms with van der Waals surface area (Å²) in [6, 6.07) is 6.61. The van der Waals surface area contributed by atoms with Gasteiger partial charge in [0.05, 0.1) is 0 Å². The third-order valence-electron chi connectivity index (χ3n) is 0.976. The standard InChI is InChI=1S/C8H8N.W.H2/c1-2-5-8-6-3-4-7-9-8;;/h2-3,5-7H,1H3;;1H/q-1;;/b5-2+;;. The number of hydrogen-bond donors (Lipinski definition) is 0. The van der Waals surface area contributed by atoms with Gasteiger partial charge in [0.15, 0.2) is 0 Å². The molecule has 0 radical (unpaired) electrons. The fraction of sp³-hybridized carbons (Fsp3) is 0.125. The van der Waals surface area contributed by atoms with Crippen LogP contribution in [-0.4, -0.2) is 4.98 Å². The minimum Gasteiger partial charge on any atom is -0.296 e. The quantitative estimate of drug-likeness (QED) is 0.725. The maximum absolute atomic E-state index is 4.03. The molecular formula is C8H10NW-. The molecule has 0 N–H and O–H groups in total. The van der Waals surface area contributed by atoms with Crippen molar-refractivity contribution in [3.8, 4) is 0 Å². The third-order valence-corrected chi connectivity index (χ3v) is 0.976. The second-order valence-corrected chi connectivity index (χ2v) is 1.68. The van der Waals surface area contributed by atoms with E-state index in [4.69, 9.17) is 0 Å². The van der Waals surface area contributed by atoms with Crippen LogP contribution in [0.25, 0.3) is 6.08 Å². The maximum Gasteiger partial charge on any atom is 0 e. The molecule has 0 bridgehead atoms. The van der Waals surface area contributed by atoms with Gasteiger partial charge >= 0.3 is 0 Å². The minimum absolute atomic E-state index is 0. The predicted octanol–water partition coefficient (Wildman–Crippen LogP) is 2.16. The van der Waals surface area contributed by atoms with Gasteiger partial charge in [0, 0.05) is 22.5 Å². The summed E-state index contributed by atoms with van der Waals surface area (Å²) in [6.45, 7) is 1.97. The second kappa shape index (κ2) is 5.37. The Kier molecular flexibility index (Phi) is 5.14. The van der Waals surface area contributed by atoms with Crippen LogP contribution in [0.1, 0.15) is 14.0 Å². The zero-order valence-corrected chi connectivity index (χ0v) is 8.68. The molecule has 0 unspecified atom stereocenters. The normalized spacial score (nSPS) is 9.30. The summed E-state index contributed by atoms with van der Waals surface area (Å²) in [5, 5.41) is 0. The molecule has 0 aliphatic heterocycles. The van der Waals surface area contributed by atoms with Crippen LogP contribution >= 0.6 is 0 Å². The van der Waals surface area contributed by atoms with E-state index in [1.54, 1.807) is 6.20 Å². The molecule has 0 aliphatic rings. The molecule has 10 heavy (non-hydrogen) atoms. The molecular weight excluding hydrogens is 294 g/mol. The van der Waals surface area contributed by atoms with Gasteiger partial charge in [0.1, 0.15) is 0 Å². The first-order chi connectivity index (χ1) is 4.43. The van der Waals surface area contributed by atoms with Crippen LogP contribution < -0.4 is 0 Å². The van der Waals surface area contributed by atoms with Crippen molar-refractivity contribution in [2.24, 2.45) is 0 Å². The van der Waals surface area contributed by atoms with E-state index < -0.39 is 0 Å². The van der Waals surface area contributed by atoms with Crippen LogP contribution in [0, 0.1) is 6.07 Å². The molecule has 1 nitrogen and oxygen atoms in total. The molecule has 1 aromatic heterocycles. The summed E-state index contributed by atoms with van der Waals surface area (Å²) in [7, 11) is 0. The van der Waals surface area contributed by atoms with Gasteiger partial charge in [0.2, 0.25) is 0 Å². The molecule has 1 aromatic rings. The van der Waals surface area contributed by atoms with Crippen LogP contribution in [0.4, 0.5) is 0 Å². The van der Waals surface area contributed by atoms with Crippen LogP contribution in [0.3, 0.4) is 0 Å². The fourth-order valence-corrected chi connectivity index (χ4v) is 0.601. The number of pyridine rings is 1. The van der Waals surface area contributed by atoms with E-state index in [1.807, 2.05) is 31.2 Å². The predicted molar refractivity (Wildman–Crippen MR) is 39.9 cm³/mol. The Bertz CT molecular complexity index is 199. The van der Waals surface area contributed by atoms with Crippen molar-refractivity contribution in [3.05, 3.63) is 36.2 Å². The van der Waals surface area contributed by atoms with Gasteiger partial charge in [-0.3, -0.25) is 4.98 Å². The SMILES string of the molecule is C/C=C/c1cc[c-]cn1.[HH].[W]. The monoisotopic (exact) mass is 304 g/mol. The minimum atomic E-state index is 0. The van der Waals surface area contributed by atoms with E-state index in [2.05, 4.69) is 11.1 Å². The summed E-state index contributed by atoms with van der Waals surface area (Å²) in [4.78, 5) is 4.03. The molecule has 1 heterocycles. The average Bonchev–Trinajstić information content (AvgIpc) is 1.91. The Balaban J connectivity index is 0. The topological polar surface area (TPSA) is 12.9 Å². The molecule has 54 valence electrons. The van der Waals surface area contributed by atoms with Gasteiger partial charge in [0.25, 0.3) is 0 Å². The van der Waals surface area contributed by atoms with Crippen LogP contribution in [0.2, 0.25) is 0 Å². The molecule has 0 amide bonds. The molecule has 0 saturated carbocycles. The number of rotatable bonds is 1. The van der Waals surface area contributed by atoms with Crippen LogP contribution in [0.5, 0.6) is 0 Å². The number of aromatic nitrogens is 1. The van der Waals surface area contributed by atoms with Gasteiger partial charge < -0.3 is 0 Å². The van der Waals surface area contributed by atoms with E-state index in [0.717, 1.165) is 5.69 Å². The molecule has 2 heteroatoms. The van der Waals surface area contributed by atoms with Crippen molar-refractivity contribution in [1.82, 2.24) is 4.98 Å². The number of nitrogens with zero attached hydrogens (tertiary/aromatic N) is 1. The van der Waals surface area contributed by atoms with Crippen molar-refractivity contribution < 1.29 is 22.5 Å². The summed E-state index contributed by atoms with van der Waals surface area (Å²) < 4.78 is 0. The van der Waals surface area contributed by atoms with Crippen LogP contribution in [-0.2, 0) is 21.1 Å². The Labute approximate surface area is 76.9 Å². The van der Waals surface area contributed by atoms with E-state index in [0.29, 0.717) is 0 Å². The summed E-state index contributed by atoms with van der Waals surface area (Å²) in [5.41, 5.74) is 0.983. The summed E-state index contributed by atoms with van der Waals surface area (Å²) >= 11 is 0. The second-order valence-electron chi connectivity index (χ2n) is 1.68. The average molecular weight is 304 g/mol. The first-order valence-corrected chi connectivity index (χ1v) is 2.88. The molecule has 1 rings (SSSR count). The Morgan fingerprint density at radius 3 is 3.00 bits per heavy atom. The van der Waals surface area contributed by atoms with Gasteiger partial charge in [-0.25, -0.2) is 12.1 Å². The molecule has 0 atom stereocenters. The maximum atomic E-state index is 4.03. The van der Waals surface area contributed by atoms with E-state index in [9.17, 15) is 0 Å². The van der Waals surface area contributed by atoms with Gasteiger partial charge in [-0.2, -0.15) is 6.07 Å². The van der Waals surface area contributed by atoms with Gasteiger partial charge in [-0.05, 0) is 12.6 Å². The van der Waals surface area contributed by atoms with Crippen molar-refractivity contribution in [3.63, 3.8) is 0 Å². The number of allylic oxidation sites excluding steroid dienone is 1. The Morgan fingerprint density at radius 1 is 1.70 bits per heavy atom. The largest absolute Gasteiger partial charge is 0.296 e. The molecule has 0 aliphatic carbocycles.